The highest BCUT2D eigenvalue weighted by atomic mass is 16.5. The molecule has 0 saturated heterocycles. The Bertz CT molecular complexity index is 2170. The number of fused-ring (bicyclic) bond motifs is 1. The number of anilines is 1. The molecule has 0 saturated carbocycles. The Balaban J connectivity index is 1.14. The molecule has 2 aliphatic rings. The van der Waals surface area contributed by atoms with Gasteiger partial charge in [-0.2, -0.15) is 5.10 Å². The minimum absolute atomic E-state index is 0.128. The predicted molar refractivity (Wildman–Crippen MR) is 198 cm³/mol. The fraction of sp³-hybridized carbons (Fsp3) is 0.114. The number of hydrogen-bond acceptors (Lipinski definition) is 5. The zero-order valence-corrected chi connectivity index (χ0v) is 27.3. The molecule has 0 radical (unpaired) electrons. The van der Waals surface area contributed by atoms with Gasteiger partial charge < -0.3 is 4.74 Å². The first-order chi connectivity index (χ1) is 24.1. The Morgan fingerprint density at radius 3 is 2.06 bits per heavy atom. The molecule has 49 heavy (non-hydrogen) atoms. The number of hydrogen-bond donors (Lipinski definition) is 0. The Morgan fingerprint density at radius 2 is 1.39 bits per heavy atom. The Morgan fingerprint density at radius 1 is 0.735 bits per heavy atom. The molecule has 5 heteroatoms. The van der Waals surface area contributed by atoms with Crippen LogP contribution in [0.2, 0.25) is 0 Å². The van der Waals surface area contributed by atoms with Gasteiger partial charge in [-0.3, -0.25) is 5.01 Å². The van der Waals surface area contributed by atoms with Crippen LogP contribution in [0.4, 0.5) is 5.69 Å². The molecule has 5 nitrogen and oxygen atoms in total. The number of hydrazone groups is 1. The number of benzene rings is 5. The van der Waals surface area contributed by atoms with Gasteiger partial charge in [-0.15, -0.1) is 0 Å². The molecule has 2 heterocycles. The number of aromatic nitrogens is 1. The lowest BCUT2D eigenvalue weighted by Crippen LogP contribution is -2.18. The van der Waals surface area contributed by atoms with Gasteiger partial charge in [0.25, 0.3) is 0 Å². The van der Waals surface area contributed by atoms with Crippen molar-refractivity contribution in [1.82, 2.24) is 4.98 Å². The smallest absolute Gasteiger partial charge is 0.337 e. The lowest BCUT2D eigenvalue weighted by molar-refractivity contribution is 0.0600. The van der Waals surface area contributed by atoms with Gasteiger partial charge in [0, 0.05) is 12.0 Å². The second-order valence-electron chi connectivity index (χ2n) is 12.5. The third kappa shape index (κ3) is 6.07. The van der Waals surface area contributed by atoms with Crippen molar-refractivity contribution in [2.45, 2.75) is 25.3 Å². The summed E-state index contributed by atoms with van der Waals surface area (Å²) in [4.78, 5) is 17.3. The van der Waals surface area contributed by atoms with Crippen molar-refractivity contribution in [2.24, 2.45) is 5.10 Å². The van der Waals surface area contributed by atoms with Gasteiger partial charge in [-0.05, 0) is 88.2 Å². The zero-order chi connectivity index (χ0) is 33.2. The molecular formula is C44H35N3O2. The summed E-state index contributed by atoms with van der Waals surface area (Å²) in [6.07, 6.45) is 4.93. The summed E-state index contributed by atoms with van der Waals surface area (Å²) in [5, 5.41) is 7.32. The highest BCUT2D eigenvalue weighted by Gasteiger charge is 2.30. The van der Waals surface area contributed by atoms with Gasteiger partial charge in [0.2, 0.25) is 0 Å². The monoisotopic (exact) mass is 637 g/mol. The average molecular weight is 638 g/mol. The first-order valence-electron chi connectivity index (χ1n) is 16.7. The Labute approximate surface area is 286 Å². The number of allylic oxidation sites excluding steroid dienone is 1. The predicted octanol–water partition coefficient (Wildman–Crippen LogP) is 10.0. The number of pyridine rings is 1. The Hall–Kier alpha value is -6.07. The molecule has 238 valence electrons. The van der Waals surface area contributed by atoms with Gasteiger partial charge in [0.1, 0.15) is 0 Å². The van der Waals surface area contributed by atoms with Crippen molar-refractivity contribution >= 4 is 29.0 Å². The second-order valence-corrected chi connectivity index (χ2v) is 12.5. The van der Waals surface area contributed by atoms with Crippen LogP contribution in [-0.2, 0) is 11.2 Å². The van der Waals surface area contributed by atoms with Crippen LogP contribution in [0.5, 0.6) is 0 Å². The molecule has 1 aliphatic heterocycles. The molecule has 8 rings (SSSR count). The molecule has 5 aromatic carbocycles. The summed E-state index contributed by atoms with van der Waals surface area (Å²) in [6, 6.07) is 50.1. The van der Waals surface area contributed by atoms with Gasteiger partial charge in [0.15, 0.2) is 0 Å². The molecule has 0 amide bonds. The van der Waals surface area contributed by atoms with Crippen molar-refractivity contribution in [3.05, 3.63) is 179 Å². The zero-order valence-electron chi connectivity index (χ0n) is 27.3. The number of esters is 1. The van der Waals surface area contributed by atoms with E-state index in [2.05, 4.69) is 108 Å². The van der Waals surface area contributed by atoms with E-state index < -0.39 is 0 Å². The van der Waals surface area contributed by atoms with Crippen LogP contribution in [0.3, 0.4) is 0 Å². The SMILES string of the molecule is COC(=O)c1ccc(-c2cc(-c3ccccc3)nc3c2CC/C3=C\c2ccc(N3N=C(c4ccccc4)C[C@H]3c3ccccc3)cc2)cc1. The molecular weight excluding hydrogens is 603 g/mol. The normalized spacial score (nSPS) is 16.0. The summed E-state index contributed by atoms with van der Waals surface area (Å²) in [5.41, 5.74) is 13.9. The van der Waals surface area contributed by atoms with Crippen LogP contribution < -0.4 is 5.01 Å². The average Bonchev–Trinajstić information content (AvgIpc) is 3.81. The van der Waals surface area contributed by atoms with E-state index in [-0.39, 0.29) is 12.0 Å². The molecule has 0 spiro atoms. The number of nitrogens with zero attached hydrogens (tertiary/aromatic N) is 3. The van der Waals surface area contributed by atoms with E-state index in [1.807, 2.05) is 48.5 Å². The van der Waals surface area contributed by atoms with Crippen LogP contribution in [0.1, 0.15) is 57.2 Å². The van der Waals surface area contributed by atoms with E-state index in [4.69, 9.17) is 14.8 Å². The summed E-state index contributed by atoms with van der Waals surface area (Å²) in [5.74, 6) is -0.337. The fourth-order valence-electron chi connectivity index (χ4n) is 6.94. The third-order valence-electron chi connectivity index (χ3n) is 9.46. The fourth-order valence-corrected chi connectivity index (χ4v) is 6.94. The van der Waals surface area contributed by atoms with Crippen LogP contribution in [0, 0.1) is 0 Å². The van der Waals surface area contributed by atoms with E-state index in [1.165, 1.54) is 23.8 Å². The Kier molecular flexibility index (Phi) is 8.16. The molecule has 1 aliphatic carbocycles. The lowest BCUT2D eigenvalue weighted by atomic mass is 9.96. The molecule has 1 atom stereocenters. The standard InChI is InChI=1S/C44H35N3O2/c1-49-44(48)35-21-19-31(20-22-35)39-28-40(32-11-5-2-6-12-32)45-43-36(23-26-38(39)43)27-30-17-24-37(25-18-30)47-42(34-15-9-4-10-16-34)29-41(46-47)33-13-7-3-8-14-33/h2-22,24-25,27-28,42H,23,26,29H2,1H3/b36-27+/t42-/m0/s1. The van der Waals surface area contributed by atoms with Crippen molar-refractivity contribution < 1.29 is 9.53 Å². The summed E-state index contributed by atoms with van der Waals surface area (Å²) in [6.45, 7) is 0. The maximum atomic E-state index is 12.1. The topological polar surface area (TPSA) is 54.8 Å². The van der Waals surface area contributed by atoms with Crippen molar-refractivity contribution in [3.8, 4) is 22.4 Å². The van der Waals surface area contributed by atoms with Crippen LogP contribution >= 0.6 is 0 Å². The number of methoxy groups -OCH3 is 1. The maximum Gasteiger partial charge on any atom is 0.337 e. The van der Waals surface area contributed by atoms with Gasteiger partial charge in [-0.25, -0.2) is 9.78 Å². The summed E-state index contributed by atoms with van der Waals surface area (Å²) < 4.78 is 4.92. The van der Waals surface area contributed by atoms with E-state index in [0.29, 0.717) is 5.56 Å². The number of ether oxygens (including phenoxy) is 1. The third-order valence-corrected chi connectivity index (χ3v) is 9.46. The first-order valence-corrected chi connectivity index (χ1v) is 16.7. The molecule has 0 unspecified atom stereocenters. The molecule has 0 bridgehead atoms. The van der Waals surface area contributed by atoms with Gasteiger partial charge in [0.05, 0.1) is 41.5 Å². The van der Waals surface area contributed by atoms with E-state index in [0.717, 1.165) is 69.9 Å². The maximum absolute atomic E-state index is 12.1. The molecule has 1 aromatic heterocycles. The van der Waals surface area contributed by atoms with Gasteiger partial charge in [-0.1, -0.05) is 115 Å². The highest BCUT2D eigenvalue weighted by molar-refractivity contribution is 6.03. The summed E-state index contributed by atoms with van der Waals surface area (Å²) in [7, 11) is 1.41. The van der Waals surface area contributed by atoms with Crippen molar-refractivity contribution in [3.63, 3.8) is 0 Å². The van der Waals surface area contributed by atoms with Crippen LogP contribution in [0.15, 0.2) is 151 Å². The lowest BCUT2D eigenvalue weighted by Gasteiger charge is -2.24. The van der Waals surface area contributed by atoms with Crippen LogP contribution in [-0.4, -0.2) is 23.8 Å². The molecule has 0 N–H and O–H groups in total. The van der Waals surface area contributed by atoms with E-state index in [1.54, 1.807) is 0 Å². The van der Waals surface area contributed by atoms with E-state index in [9.17, 15) is 4.79 Å². The molecule has 6 aromatic rings. The number of rotatable bonds is 7. The highest BCUT2D eigenvalue weighted by Crippen LogP contribution is 2.41. The first kappa shape index (κ1) is 30.3. The van der Waals surface area contributed by atoms with Crippen molar-refractivity contribution in [2.75, 3.05) is 12.1 Å². The number of carbonyl (C=O) groups is 1. The minimum atomic E-state index is -0.337. The minimum Gasteiger partial charge on any atom is -0.465 e. The van der Waals surface area contributed by atoms with Crippen LogP contribution in [0.25, 0.3) is 34.0 Å². The largest absolute Gasteiger partial charge is 0.465 e. The van der Waals surface area contributed by atoms with Gasteiger partial charge >= 0.3 is 5.97 Å². The quantitative estimate of drug-likeness (QED) is 0.164. The summed E-state index contributed by atoms with van der Waals surface area (Å²) >= 11 is 0. The second kappa shape index (κ2) is 13.2. The molecule has 0 fully saturated rings. The number of carbonyl (C=O) groups excluding carboxylic acids is 1. The van der Waals surface area contributed by atoms with E-state index >= 15 is 0 Å². The van der Waals surface area contributed by atoms with Crippen molar-refractivity contribution in [1.29, 1.82) is 0 Å².